The lowest BCUT2D eigenvalue weighted by molar-refractivity contribution is -0.543. The number of rotatable bonds is 32. The quantitative estimate of drug-likeness (QED) is 0.0639. The fourth-order valence-electron chi connectivity index (χ4n) is 5.74. The third kappa shape index (κ3) is 10.5. The Balaban J connectivity index is 8.60. The van der Waals surface area contributed by atoms with Gasteiger partial charge in [0, 0.05) is 52.7 Å². The van der Waals surface area contributed by atoms with E-state index in [1.165, 1.54) is 0 Å². The van der Waals surface area contributed by atoms with Gasteiger partial charge in [0.2, 0.25) is 12.1 Å². The molecule has 0 fully saturated rings. The molecule has 0 rings (SSSR count). The largest absolute Gasteiger partial charge is 0.481 e. The Kier molecular flexibility index (Phi) is 23.1. The highest BCUT2D eigenvalue weighted by Crippen LogP contribution is 2.59. The second-order valence-electron chi connectivity index (χ2n) is 10.5. The summed E-state index contributed by atoms with van der Waals surface area (Å²) in [6.45, 7) is 16.5. The molecule has 0 saturated carbocycles. The lowest BCUT2D eigenvalue weighted by Crippen LogP contribution is -2.81. The van der Waals surface area contributed by atoms with E-state index in [1.807, 2.05) is 13.8 Å². The molecule has 0 bridgehead atoms. The third-order valence-electron chi connectivity index (χ3n) is 7.35. The minimum absolute atomic E-state index is 0.00350. The number of hydrogen-bond donors (Lipinski definition) is 2. The molecule has 13 nitrogen and oxygen atoms in total. The summed E-state index contributed by atoms with van der Waals surface area (Å²) in [6.07, 6.45) is 0.995. The molecule has 46 heavy (non-hydrogen) atoms. The lowest BCUT2D eigenvalue weighted by Gasteiger charge is -2.60. The fraction of sp³-hybridized carbons (Fsp3) is 0.939. The van der Waals surface area contributed by atoms with Crippen molar-refractivity contribution in [3.05, 3.63) is 0 Å². The topological polar surface area (TPSA) is 158 Å². The second kappa shape index (κ2) is 23.8. The first kappa shape index (κ1) is 44.6. The summed E-state index contributed by atoms with van der Waals surface area (Å²) in [5, 5.41) is 21.1. The molecule has 0 aliphatic carbocycles. The Morgan fingerprint density at radius 2 is 1.11 bits per heavy atom. The van der Waals surface area contributed by atoms with E-state index in [0.29, 0.717) is 25.7 Å². The molecule has 0 aromatic carbocycles. The summed E-state index contributed by atoms with van der Waals surface area (Å²) in [7, 11) is 0. The van der Waals surface area contributed by atoms with E-state index < -0.39 is 41.2 Å². The Hall–Kier alpha value is -1.42. The molecule has 13 heteroatoms. The van der Waals surface area contributed by atoms with Gasteiger partial charge in [-0.05, 0) is 74.1 Å². The van der Waals surface area contributed by atoms with Crippen LogP contribution in [0.1, 0.15) is 114 Å². The van der Waals surface area contributed by atoms with E-state index in [4.69, 9.17) is 42.6 Å². The highest BCUT2D eigenvalue weighted by atomic mass is 16.9. The zero-order chi connectivity index (χ0) is 35.1. The first-order valence-corrected chi connectivity index (χ1v) is 17.2. The van der Waals surface area contributed by atoms with Gasteiger partial charge in [0.15, 0.2) is 5.41 Å². The monoisotopic (exact) mass is 668 g/mol. The maximum Gasteiger partial charge on any atom is 0.342 e. The van der Waals surface area contributed by atoms with Crippen LogP contribution in [-0.4, -0.2) is 105 Å². The molecule has 0 amide bonds. The fourth-order valence-corrected chi connectivity index (χ4v) is 5.74. The predicted molar refractivity (Wildman–Crippen MR) is 171 cm³/mol. The molecule has 0 radical (unpaired) electrons. The van der Waals surface area contributed by atoms with Crippen molar-refractivity contribution in [1.29, 1.82) is 0 Å². The molecule has 0 spiro atoms. The highest BCUT2D eigenvalue weighted by Gasteiger charge is 2.82. The number of unbranched alkanes of at least 4 members (excludes halogenated alkanes) is 3. The molecule has 0 aromatic rings. The number of ether oxygens (including phenoxy) is 9. The van der Waals surface area contributed by atoms with Gasteiger partial charge in [0.05, 0.1) is 13.2 Å². The van der Waals surface area contributed by atoms with Crippen molar-refractivity contribution in [3.63, 3.8) is 0 Å². The van der Waals surface area contributed by atoms with Gasteiger partial charge in [-0.3, -0.25) is 9.59 Å². The molecule has 274 valence electrons. The Bertz CT molecular complexity index is 789. The van der Waals surface area contributed by atoms with E-state index in [1.54, 1.807) is 48.5 Å². The first-order valence-electron chi connectivity index (χ1n) is 17.2. The molecule has 0 aliphatic rings. The molecule has 3 unspecified atom stereocenters. The number of carboxylic acids is 2. The van der Waals surface area contributed by atoms with Crippen LogP contribution in [0, 0.1) is 5.41 Å². The third-order valence-corrected chi connectivity index (χ3v) is 7.35. The smallest absolute Gasteiger partial charge is 0.342 e. The first-order chi connectivity index (χ1) is 22.1. The normalized spacial score (nSPS) is 16.2. The van der Waals surface area contributed by atoms with E-state index in [0.717, 1.165) is 6.42 Å². The minimum atomic E-state index is -2.39. The number of hydrogen-bond acceptors (Lipinski definition) is 11. The Labute approximate surface area is 276 Å². The van der Waals surface area contributed by atoms with Crippen molar-refractivity contribution in [1.82, 2.24) is 0 Å². The Morgan fingerprint density at radius 3 is 1.52 bits per heavy atom. The average Bonchev–Trinajstić information content (AvgIpc) is 3.01. The van der Waals surface area contributed by atoms with Crippen LogP contribution in [-0.2, 0) is 52.2 Å². The molecule has 2 N–H and O–H groups in total. The van der Waals surface area contributed by atoms with Gasteiger partial charge in [0.25, 0.3) is 5.79 Å². The van der Waals surface area contributed by atoms with E-state index in [9.17, 15) is 19.8 Å². The van der Waals surface area contributed by atoms with Gasteiger partial charge in [-0.15, -0.1) is 0 Å². The van der Waals surface area contributed by atoms with Gasteiger partial charge in [-0.25, -0.2) is 0 Å². The van der Waals surface area contributed by atoms with E-state index in [2.05, 4.69) is 0 Å². The zero-order valence-electron chi connectivity index (χ0n) is 30.0. The summed E-state index contributed by atoms with van der Waals surface area (Å²) in [4.78, 5) is 25.9. The SMILES string of the molecule is CCCCOC(OCC)(C(OCC)(OCC)OCC)C(CCCCCC(=O)O)(C(=O)O)C(OCC)(OCCC)C(OCC)OCC. The molecular formula is C33H64O13. The van der Waals surface area contributed by atoms with Crippen molar-refractivity contribution in [3.8, 4) is 0 Å². The minimum Gasteiger partial charge on any atom is -0.481 e. The number of aliphatic carboxylic acids is 2. The molecule has 3 atom stereocenters. The summed E-state index contributed by atoms with van der Waals surface area (Å²) < 4.78 is 57.8. The molecule has 0 aromatic heterocycles. The summed E-state index contributed by atoms with van der Waals surface area (Å²) in [5.74, 6) is -9.20. The summed E-state index contributed by atoms with van der Waals surface area (Å²) in [6, 6.07) is 0. The van der Waals surface area contributed by atoms with Crippen LogP contribution in [0.4, 0.5) is 0 Å². The number of carbonyl (C=O) groups is 2. The molecule has 0 saturated heterocycles. The second-order valence-corrected chi connectivity index (χ2v) is 10.5. The van der Waals surface area contributed by atoms with Gasteiger partial charge in [0.1, 0.15) is 0 Å². The van der Waals surface area contributed by atoms with Crippen molar-refractivity contribution in [2.75, 3.05) is 59.5 Å². The molecular weight excluding hydrogens is 604 g/mol. The molecule has 0 heterocycles. The van der Waals surface area contributed by atoms with Gasteiger partial charge >= 0.3 is 17.9 Å². The number of carboxylic acid groups (broad SMARTS) is 2. The van der Waals surface area contributed by atoms with E-state index in [-0.39, 0.29) is 78.7 Å². The highest BCUT2D eigenvalue weighted by molar-refractivity contribution is 5.78. The van der Waals surface area contributed by atoms with Crippen LogP contribution in [0.2, 0.25) is 0 Å². The predicted octanol–water partition coefficient (Wildman–Crippen LogP) is 5.96. The standard InChI is InChI=1S/C33H64O13/c1-10-19-26-46-32(41-15-6,33(42-16-7,43-17-8)44-18-9)30(28(36)37,24-22-20-21-23-27(34)35)31(40-14-5,45-25-11-2)29(38-12-3)39-13-4/h29H,10-26H2,1-9H3,(H,34,35)(H,36,37). The average molecular weight is 669 g/mol. The van der Waals surface area contributed by atoms with Crippen molar-refractivity contribution >= 4 is 11.9 Å². The van der Waals surface area contributed by atoms with Crippen LogP contribution in [0.5, 0.6) is 0 Å². The summed E-state index contributed by atoms with van der Waals surface area (Å²) in [5.41, 5.74) is -2.37. The van der Waals surface area contributed by atoms with Gasteiger partial charge < -0.3 is 52.8 Å². The van der Waals surface area contributed by atoms with E-state index >= 15 is 0 Å². The lowest BCUT2D eigenvalue weighted by atomic mass is 9.65. The van der Waals surface area contributed by atoms with Crippen LogP contribution in [0.25, 0.3) is 0 Å². The van der Waals surface area contributed by atoms with Crippen molar-refractivity contribution in [2.45, 2.75) is 138 Å². The van der Waals surface area contributed by atoms with Gasteiger partial charge in [-0.1, -0.05) is 33.1 Å². The van der Waals surface area contributed by atoms with Gasteiger partial charge in [-0.2, -0.15) is 0 Å². The van der Waals surface area contributed by atoms with Crippen molar-refractivity contribution in [2.24, 2.45) is 5.41 Å². The van der Waals surface area contributed by atoms with Crippen LogP contribution >= 0.6 is 0 Å². The molecule has 0 aliphatic heterocycles. The zero-order valence-corrected chi connectivity index (χ0v) is 30.0. The summed E-state index contributed by atoms with van der Waals surface area (Å²) >= 11 is 0. The maximum atomic E-state index is 14.5. The van der Waals surface area contributed by atoms with Crippen LogP contribution in [0.3, 0.4) is 0 Å². The van der Waals surface area contributed by atoms with Crippen LogP contribution < -0.4 is 0 Å². The van der Waals surface area contributed by atoms with Crippen LogP contribution in [0.15, 0.2) is 0 Å². The Morgan fingerprint density at radius 1 is 0.565 bits per heavy atom. The maximum absolute atomic E-state index is 14.5. The van der Waals surface area contributed by atoms with Crippen molar-refractivity contribution < 1.29 is 62.4 Å².